The summed E-state index contributed by atoms with van der Waals surface area (Å²) in [6, 6.07) is 17.6. The van der Waals surface area contributed by atoms with E-state index in [2.05, 4.69) is 5.10 Å². The van der Waals surface area contributed by atoms with Crippen molar-refractivity contribution in [2.24, 2.45) is 0 Å². The molecule has 30 heavy (non-hydrogen) atoms. The molecular weight excluding hydrogens is 383 g/mol. The summed E-state index contributed by atoms with van der Waals surface area (Å²) < 4.78 is 22.8. The fourth-order valence-corrected chi connectivity index (χ4v) is 3.30. The number of hydrogen-bond acceptors (Lipinski definition) is 3. The third kappa shape index (κ3) is 3.69. The van der Waals surface area contributed by atoms with Crippen molar-refractivity contribution in [3.63, 3.8) is 0 Å². The molecule has 0 bridgehead atoms. The van der Waals surface area contributed by atoms with Gasteiger partial charge in [0.1, 0.15) is 22.8 Å². The third-order valence-corrected chi connectivity index (χ3v) is 4.83. The molecule has 7 heteroatoms. The van der Waals surface area contributed by atoms with E-state index in [1.165, 1.54) is 16.9 Å². The first-order valence-electron chi connectivity index (χ1n) is 9.43. The van der Waals surface area contributed by atoms with Crippen LogP contribution in [-0.2, 0) is 6.54 Å². The summed E-state index contributed by atoms with van der Waals surface area (Å²) in [4.78, 5) is 14.9. The van der Waals surface area contributed by atoms with Crippen LogP contribution in [0.1, 0.15) is 15.9 Å². The highest BCUT2D eigenvalue weighted by atomic mass is 19.1. The first-order chi connectivity index (χ1) is 14.6. The maximum atomic E-state index is 14.4. The Morgan fingerprint density at radius 3 is 2.43 bits per heavy atom. The Kier molecular flexibility index (Phi) is 5.34. The Bertz CT molecular complexity index is 1150. The normalized spacial score (nSPS) is 10.8. The number of carbonyl (C=O) groups is 1. The number of rotatable bonds is 6. The first-order valence-corrected chi connectivity index (χ1v) is 9.43. The predicted octanol–water partition coefficient (Wildman–Crippen LogP) is 4.08. The molecule has 0 spiro atoms. The van der Waals surface area contributed by atoms with E-state index in [-0.39, 0.29) is 11.6 Å². The van der Waals surface area contributed by atoms with Gasteiger partial charge in [0.05, 0.1) is 13.3 Å². The van der Waals surface area contributed by atoms with Gasteiger partial charge in [0, 0.05) is 26.0 Å². The second-order valence-corrected chi connectivity index (χ2v) is 6.84. The van der Waals surface area contributed by atoms with Crippen molar-refractivity contribution in [1.82, 2.24) is 19.2 Å². The van der Waals surface area contributed by atoms with Crippen LogP contribution in [0.4, 0.5) is 4.39 Å². The molecule has 0 unspecified atom stereocenters. The summed E-state index contributed by atoms with van der Waals surface area (Å²) in [5.41, 5.74) is 1.62. The van der Waals surface area contributed by atoms with Gasteiger partial charge in [-0.1, -0.05) is 24.3 Å². The number of benzene rings is 2. The first kappa shape index (κ1) is 19.4. The molecule has 0 aliphatic rings. The average Bonchev–Trinajstić information content (AvgIpc) is 3.43. The van der Waals surface area contributed by atoms with Gasteiger partial charge in [0.2, 0.25) is 0 Å². The van der Waals surface area contributed by atoms with E-state index in [4.69, 9.17) is 4.74 Å². The molecule has 0 N–H and O–H groups in total. The van der Waals surface area contributed by atoms with E-state index < -0.39 is 5.82 Å². The summed E-state index contributed by atoms with van der Waals surface area (Å²) >= 11 is 0. The minimum absolute atomic E-state index is 0.211. The lowest BCUT2D eigenvalue weighted by atomic mass is 10.2. The lowest BCUT2D eigenvalue weighted by Crippen LogP contribution is -2.27. The molecule has 6 nitrogen and oxygen atoms in total. The van der Waals surface area contributed by atoms with Crippen LogP contribution >= 0.6 is 0 Å². The van der Waals surface area contributed by atoms with Crippen molar-refractivity contribution < 1.29 is 13.9 Å². The third-order valence-electron chi connectivity index (χ3n) is 4.83. The predicted molar refractivity (Wildman–Crippen MR) is 112 cm³/mol. The Morgan fingerprint density at radius 1 is 1.07 bits per heavy atom. The van der Waals surface area contributed by atoms with Crippen LogP contribution < -0.4 is 4.74 Å². The zero-order valence-electron chi connectivity index (χ0n) is 16.7. The largest absolute Gasteiger partial charge is 0.497 e. The highest BCUT2D eigenvalue weighted by Gasteiger charge is 2.23. The molecule has 152 valence electrons. The van der Waals surface area contributed by atoms with Crippen LogP contribution in [0, 0.1) is 5.82 Å². The second kappa shape index (κ2) is 8.24. The van der Waals surface area contributed by atoms with Gasteiger partial charge in [-0.15, -0.1) is 0 Å². The molecule has 0 aliphatic carbocycles. The number of amides is 1. The van der Waals surface area contributed by atoms with Gasteiger partial charge < -0.3 is 14.2 Å². The van der Waals surface area contributed by atoms with Gasteiger partial charge in [0.15, 0.2) is 5.82 Å². The van der Waals surface area contributed by atoms with Crippen LogP contribution in [0.25, 0.3) is 11.5 Å². The average molecular weight is 404 g/mol. The van der Waals surface area contributed by atoms with Gasteiger partial charge in [-0.25, -0.2) is 9.07 Å². The minimum atomic E-state index is -0.417. The van der Waals surface area contributed by atoms with E-state index in [9.17, 15) is 9.18 Å². The van der Waals surface area contributed by atoms with Crippen molar-refractivity contribution in [3.8, 4) is 17.3 Å². The number of methoxy groups -OCH3 is 1. The van der Waals surface area contributed by atoms with Gasteiger partial charge in [0.25, 0.3) is 5.91 Å². The Morgan fingerprint density at radius 2 is 1.77 bits per heavy atom. The van der Waals surface area contributed by atoms with E-state index in [1.807, 2.05) is 36.4 Å². The summed E-state index contributed by atoms with van der Waals surface area (Å²) in [5.74, 6) is 0.613. The molecule has 2 aromatic heterocycles. The van der Waals surface area contributed by atoms with Gasteiger partial charge >= 0.3 is 0 Å². The molecule has 1 amide bonds. The lowest BCUT2D eigenvalue weighted by Gasteiger charge is -2.18. The zero-order chi connectivity index (χ0) is 21.1. The lowest BCUT2D eigenvalue weighted by molar-refractivity contribution is 0.0785. The number of carbonyl (C=O) groups excluding carboxylic acids is 1. The van der Waals surface area contributed by atoms with Gasteiger partial charge in [-0.05, 0) is 42.0 Å². The van der Waals surface area contributed by atoms with Crippen molar-refractivity contribution >= 4 is 5.91 Å². The molecule has 4 rings (SSSR count). The fraction of sp³-hybridized carbons (Fsp3) is 0.130. The highest BCUT2D eigenvalue weighted by molar-refractivity contribution is 5.97. The van der Waals surface area contributed by atoms with Gasteiger partial charge in [-0.3, -0.25) is 4.79 Å². The number of para-hydroxylation sites is 1. The SMILES string of the molecule is COc1ccc(CN(C)C(=O)c2cnn(-c3ccccc3F)c2-n2cccc2)cc1. The fourth-order valence-electron chi connectivity index (χ4n) is 3.30. The molecule has 2 heterocycles. The van der Waals surface area contributed by atoms with Crippen LogP contribution in [0.3, 0.4) is 0 Å². The number of ether oxygens (including phenoxy) is 1. The Hall–Kier alpha value is -3.87. The van der Waals surface area contributed by atoms with E-state index in [1.54, 1.807) is 54.2 Å². The zero-order valence-corrected chi connectivity index (χ0v) is 16.7. The molecule has 0 aliphatic heterocycles. The van der Waals surface area contributed by atoms with E-state index in [0.29, 0.717) is 17.9 Å². The smallest absolute Gasteiger partial charge is 0.259 e. The molecule has 0 radical (unpaired) electrons. The maximum absolute atomic E-state index is 14.4. The Labute approximate surface area is 173 Å². The number of nitrogens with zero attached hydrogens (tertiary/aromatic N) is 4. The quantitative estimate of drug-likeness (QED) is 0.487. The molecule has 0 saturated heterocycles. The van der Waals surface area contributed by atoms with Crippen molar-refractivity contribution in [3.05, 3.63) is 96.2 Å². The second-order valence-electron chi connectivity index (χ2n) is 6.84. The minimum Gasteiger partial charge on any atom is -0.497 e. The number of halogens is 1. The number of hydrogen-bond donors (Lipinski definition) is 0. The highest BCUT2D eigenvalue weighted by Crippen LogP contribution is 2.23. The monoisotopic (exact) mass is 404 g/mol. The molecular formula is C23H21FN4O2. The number of aromatic nitrogens is 3. The maximum Gasteiger partial charge on any atom is 0.259 e. The summed E-state index contributed by atoms with van der Waals surface area (Å²) in [6.07, 6.45) is 5.08. The van der Waals surface area contributed by atoms with E-state index in [0.717, 1.165) is 11.3 Å². The summed E-state index contributed by atoms with van der Waals surface area (Å²) in [6.45, 7) is 0.416. The molecule has 0 fully saturated rings. The van der Waals surface area contributed by atoms with Crippen molar-refractivity contribution in [2.45, 2.75) is 6.54 Å². The van der Waals surface area contributed by atoms with Crippen molar-refractivity contribution in [2.75, 3.05) is 14.2 Å². The van der Waals surface area contributed by atoms with Crippen LogP contribution in [-0.4, -0.2) is 39.3 Å². The van der Waals surface area contributed by atoms with Crippen LogP contribution in [0.5, 0.6) is 5.75 Å². The van der Waals surface area contributed by atoms with E-state index >= 15 is 0 Å². The van der Waals surface area contributed by atoms with Crippen LogP contribution in [0.15, 0.2) is 79.3 Å². The standard InChI is InChI=1S/C23H21FN4O2/c1-26(16-17-9-11-18(30-2)12-10-17)23(29)19-15-25-28(21-8-4-3-7-20(21)24)22(19)27-13-5-6-14-27/h3-15H,16H2,1-2H3. The Balaban J connectivity index is 1.69. The van der Waals surface area contributed by atoms with Crippen molar-refractivity contribution in [1.29, 1.82) is 0 Å². The molecule has 2 aromatic carbocycles. The molecule has 0 atom stereocenters. The summed E-state index contributed by atoms with van der Waals surface area (Å²) in [7, 11) is 3.34. The van der Waals surface area contributed by atoms with Crippen LogP contribution in [0.2, 0.25) is 0 Å². The molecule has 4 aromatic rings. The topological polar surface area (TPSA) is 52.3 Å². The summed E-state index contributed by atoms with van der Waals surface area (Å²) in [5, 5.41) is 4.33. The molecule has 0 saturated carbocycles. The van der Waals surface area contributed by atoms with Gasteiger partial charge in [-0.2, -0.15) is 5.10 Å².